The quantitative estimate of drug-likeness (QED) is 0.0989. The number of fused-ring (bicyclic) bond motifs is 3. The van der Waals surface area contributed by atoms with E-state index >= 15 is 0 Å². The number of alkyl carbamates (subject to hydrolysis) is 1. The van der Waals surface area contributed by atoms with E-state index in [9.17, 15) is 14.9 Å². The van der Waals surface area contributed by atoms with Crippen molar-refractivity contribution in [1.29, 1.82) is 5.26 Å². The zero-order chi connectivity index (χ0) is 35.5. The Hall–Kier alpha value is -6.19. The van der Waals surface area contributed by atoms with E-state index in [1.165, 1.54) is 21.3 Å². The van der Waals surface area contributed by atoms with Gasteiger partial charge in [0.1, 0.15) is 18.4 Å². The summed E-state index contributed by atoms with van der Waals surface area (Å²) >= 11 is 0. The number of carbonyl (C=O) groups excluding carboxylic acids is 2. The van der Waals surface area contributed by atoms with E-state index in [2.05, 4.69) is 11.4 Å². The van der Waals surface area contributed by atoms with E-state index in [0.717, 1.165) is 27.8 Å². The largest absolute Gasteiger partial charge is 0.495 e. The molecule has 4 aromatic carbocycles. The SMILES string of the molecule is COc1ccc(C=C(C#N)c2cc(OC)c(OC)c(OC)c2)cc1N.NC(=O)[C@H](CO)NC(=O)OCC1c2ccccc2-c2ccccc21. The molecular formula is C37H38N4O8. The number of methoxy groups -OCH3 is 4. The van der Waals surface area contributed by atoms with Crippen LogP contribution in [-0.2, 0) is 9.53 Å². The summed E-state index contributed by atoms with van der Waals surface area (Å²) in [6.45, 7) is -0.434. The monoisotopic (exact) mass is 666 g/mol. The van der Waals surface area contributed by atoms with Crippen LogP contribution in [0.4, 0.5) is 10.5 Å². The molecule has 1 atom stereocenters. The Bertz CT molecular complexity index is 1810. The number of carbonyl (C=O) groups is 2. The van der Waals surface area contributed by atoms with Gasteiger partial charge in [-0.3, -0.25) is 4.79 Å². The third-order valence-corrected chi connectivity index (χ3v) is 7.82. The van der Waals surface area contributed by atoms with Gasteiger partial charge in [-0.15, -0.1) is 0 Å². The lowest BCUT2D eigenvalue weighted by Crippen LogP contribution is -2.47. The third kappa shape index (κ3) is 8.22. The zero-order valence-electron chi connectivity index (χ0n) is 27.6. The minimum Gasteiger partial charge on any atom is -0.495 e. The van der Waals surface area contributed by atoms with Gasteiger partial charge >= 0.3 is 6.09 Å². The number of benzene rings is 4. The Balaban J connectivity index is 0.000000221. The molecule has 0 spiro atoms. The maximum absolute atomic E-state index is 11.8. The number of ether oxygens (including phenoxy) is 5. The number of nitriles is 1. The Labute approximate surface area is 284 Å². The number of allylic oxidation sites excluding steroid dienone is 1. The second kappa shape index (κ2) is 16.6. The molecule has 0 saturated carbocycles. The number of nitrogens with one attached hydrogen (secondary N) is 1. The van der Waals surface area contributed by atoms with Gasteiger partial charge < -0.3 is 45.6 Å². The van der Waals surface area contributed by atoms with Crippen LogP contribution in [-0.4, -0.2) is 64.8 Å². The van der Waals surface area contributed by atoms with Crippen molar-refractivity contribution in [2.75, 3.05) is 47.4 Å². The van der Waals surface area contributed by atoms with E-state index in [0.29, 0.717) is 39.8 Å². The average molecular weight is 667 g/mol. The fourth-order valence-corrected chi connectivity index (χ4v) is 5.42. The number of aliphatic hydroxyl groups excluding tert-OH is 1. The molecule has 1 aliphatic carbocycles. The maximum atomic E-state index is 11.8. The summed E-state index contributed by atoms with van der Waals surface area (Å²) in [4.78, 5) is 22.9. The molecule has 49 heavy (non-hydrogen) atoms. The third-order valence-electron chi connectivity index (χ3n) is 7.82. The van der Waals surface area contributed by atoms with Crippen LogP contribution in [0, 0.1) is 11.3 Å². The van der Waals surface area contributed by atoms with Crippen LogP contribution in [0.1, 0.15) is 28.2 Å². The molecule has 0 unspecified atom stereocenters. The minimum absolute atomic E-state index is 0.0655. The number of nitrogens with two attached hydrogens (primary N) is 2. The van der Waals surface area contributed by atoms with Crippen LogP contribution in [0.15, 0.2) is 78.9 Å². The number of nitrogen functional groups attached to an aromatic ring is 1. The van der Waals surface area contributed by atoms with Gasteiger partial charge in [-0.2, -0.15) is 5.26 Å². The Morgan fingerprint density at radius 2 is 1.45 bits per heavy atom. The van der Waals surface area contributed by atoms with Gasteiger partial charge in [-0.25, -0.2) is 4.79 Å². The molecule has 0 fully saturated rings. The van der Waals surface area contributed by atoms with Crippen LogP contribution in [0.25, 0.3) is 22.8 Å². The summed E-state index contributed by atoms with van der Waals surface area (Å²) in [5, 5.41) is 20.8. The number of nitrogens with zero attached hydrogens (tertiary/aromatic N) is 1. The van der Waals surface area contributed by atoms with Crippen LogP contribution in [0.2, 0.25) is 0 Å². The van der Waals surface area contributed by atoms with Crippen molar-refractivity contribution in [3.63, 3.8) is 0 Å². The molecule has 0 heterocycles. The van der Waals surface area contributed by atoms with E-state index in [-0.39, 0.29) is 12.5 Å². The van der Waals surface area contributed by atoms with Crippen molar-refractivity contribution in [3.8, 4) is 40.2 Å². The first-order chi connectivity index (χ1) is 23.7. The first-order valence-electron chi connectivity index (χ1n) is 15.1. The smallest absolute Gasteiger partial charge is 0.407 e. The fraction of sp³-hybridized carbons (Fsp3) is 0.216. The Morgan fingerprint density at radius 1 is 0.878 bits per heavy atom. The molecule has 2 amide bonds. The summed E-state index contributed by atoms with van der Waals surface area (Å²) in [6.07, 6.45) is 0.950. The summed E-state index contributed by atoms with van der Waals surface area (Å²) in [7, 11) is 6.14. The molecular weight excluding hydrogens is 628 g/mol. The lowest BCUT2D eigenvalue weighted by molar-refractivity contribution is -0.120. The number of primary amides is 1. The number of aliphatic hydroxyl groups is 1. The van der Waals surface area contributed by atoms with Crippen LogP contribution in [0.3, 0.4) is 0 Å². The van der Waals surface area contributed by atoms with E-state index in [1.54, 1.807) is 37.5 Å². The number of rotatable bonds is 11. The number of hydrogen-bond acceptors (Lipinski definition) is 10. The maximum Gasteiger partial charge on any atom is 0.407 e. The van der Waals surface area contributed by atoms with Gasteiger partial charge in [0.15, 0.2) is 11.5 Å². The summed E-state index contributed by atoms with van der Waals surface area (Å²) in [6, 6.07) is 25.8. The average Bonchev–Trinajstić information content (AvgIpc) is 3.44. The topological polar surface area (TPSA) is 188 Å². The molecule has 12 nitrogen and oxygen atoms in total. The van der Waals surface area contributed by atoms with Gasteiger partial charge in [-0.05, 0) is 63.7 Å². The van der Waals surface area contributed by atoms with E-state index in [4.69, 9.17) is 40.3 Å². The van der Waals surface area contributed by atoms with Crippen molar-refractivity contribution >= 4 is 29.3 Å². The van der Waals surface area contributed by atoms with E-state index < -0.39 is 24.6 Å². The van der Waals surface area contributed by atoms with Gasteiger partial charge in [0.2, 0.25) is 11.7 Å². The van der Waals surface area contributed by atoms with Crippen molar-refractivity contribution in [2.24, 2.45) is 5.73 Å². The number of anilines is 1. The molecule has 5 rings (SSSR count). The lowest BCUT2D eigenvalue weighted by Gasteiger charge is -2.16. The van der Waals surface area contributed by atoms with Gasteiger partial charge in [0.05, 0.1) is 52.4 Å². The van der Waals surface area contributed by atoms with E-state index in [1.807, 2.05) is 54.6 Å². The molecule has 0 aliphatic heterocycles. The van der Waals surface area contributed by atoms with Crippen LogP contribution in [0.5, 0.6) is 23.0 Å². The highest BCUT2D eigenvalue weighted by Gasteiger charge is 2.29. The summed E-state index contributed by atoms with van der Waals surface area (Å²) < 4.78 is 26.4. The van der Waals surface area contributed by atoms with Crippen LogP contribution >= 0.6 is 0 Å². The molecule has 0 radical (unpaired) electrons. The normalized spacial score (nSPS) is 12.2. The minimum atomic E-state index is -1.15. The number of amides is 2. The highest BCUT2D eigenvalue weighted by atomic mass is 16.5. The van der Waals surface area contributed by atoms with Crippen molar-refractivity contribution in [3.05, 3.63) is 101 Å². The first-order valence-corrected chi connectivity index (χ1v) is 15.1. The molecule has 0 aromatic heterocycles. The van der Waals surface area contributed by atoms with Gasteiger partial charge in [-0.1, -0.05) is 54.6 Å². The fourth-order valence-electron chi connectivity index (χ4n) is 5.42. The van der Waals surface area contributed by atoms with Gasteiger partial charge in [0, 0.05) is 5.92 Å². The molecule has 0 saturated heterocycles. The van der Waals surface area contributed by atoms with Crippen LogP contribution < -0.4 is 35.7 Å². The predicted octanol–water partition coefficient (Wildman–Crippen LogP) is 4.74. The van der Waals surface area contributed by atoms with Gasteiger partial charge in [0.25, 0.3) is 0 Å². The summed E-state index contributed by atoms with van der Waals surface area (Å²) in [5.74, 6) is 1.14. The van der Waals surface area contributed by atoms with Crippen molar-refractivity contribution < 1.29 is 38.4 Å². The van der Waals surface area contributed by atoms with Crippen molar-refractivity contribution in [1.82, 2.24) is 5.32 Å². The lowest BCUT2D eigenvalue weighted by atomic mass is 9.98. The van der Waals surface area contributed by atoms with Crippen molar-refractivity contribution in [2.45, 2.75) is 12.0 Å². The Kier molecular flexibility index (Phi) is 12.1. The second-order valence-corrected chi connectivity index (χ2v) is 10.7. The number of hydrogen-bond donors (Lipinski definition) is 4. The Morgan fingerprint density at radius 3 is 1.92 bits per heavy atom. The highest BCUT2D eigenvalue weighted by Crippen LogP contribution is 2.44. The molecule has 0 bridgehead atoms. The highest BCUT2D eigenvalue weighted by molar-refractivity contribution is 5.91. The first kappa shape index (κ1) is 35.7. The molecule has 6 N–H and O–H groups in total. The molecule has 4 aromatic rings. The molecule has 12 heteroatoms. The zero-order valence-corrected chi connectivity index (χ0v) is 27.6. The predicted molar refractivity (Wildman–Crippen MR) is 185 cm³/mol. The molecule has 1 aliphatic rings. The summed E-state index contributed by atoms with van der Waals surface area (Å²) in [5.41, 5.74) is 17.8. The second-order valence-electron chi connectivity index (χ2n) is 10.7. The standard InChI is InChI=1S/C19H20N2O4.C18H18N2O4/c1-22-16-6-5-12(8-15(16)21)7-14(11-20)13-9-17(23-2)19(25-4)18(10-13)24-3;19-17(22)16(9-21)20-18(23)24-10-15-13-7-3-1-5-11(13)12-6-2-4-8-14(12)15/h5-10H,21H2,1-4H3;1-8,15-16,21H,9-10H2,(H2,19,22)(H,20,23)/t;16-/m.0/s1. The molecule has 254 valence electrons.